The lowest BCUT2D eigenvalue weighted by Gasteiger charge is -2.02. The van der Waals surface area contributed by atoms with Crippen molar-refractivity contribution in [1.82, 2.24) is 5.43 Å². The van der Waals surface area contributed by atoms with E-state index in [1.54, 1.807) is 6.07 Å². The minimum atomic E-state index is -0.657. The van der Waals surface area contributed by atoms with E-state index in [0.29, 0.717) is 0 Å². The van der Waals surface area contributed by atoms with Crippen molar-refractivity contribution in [3.8, 4) is 5.75 Å². The van der Waals surface area contributed by atoms with E-state index in [0.717, 1.165) is 24.4 Å². The molecular formula is C15H12N4O6. The van der Waals surface area contributed by atoms with Gasteiger partial charge >= 0.3 is 0 Å². The average Bonchev–Trinajstić information content (AvgIpc) is 2.55. The summed E-state index contributed by atoms with van der Waals surface area (Å²) < 4.78 is 0. The van der Waals surface area contributed by atoms with Gasteiger partial charge in [-0.05, 0) is 12.1 Å². The molecule has 0 unspecified atom stereocenters. The zero-order valence-electron chi connectivity index (χ0n) is 12.7. The lowest BCUT2D eigenvalue weighted by molar-refractivity contribution is -0.385. The van der Waals surface area contributed by atoms with Crippen molar-refractivity contribution >= 4 is 23.5 Å². The van der Waals surface area contributed by atoms with Gasteiger partial charge in [0.2, 0.25) is 5.91 Å². The Labute approximate surface area is 140 Å². The van der Waals surface area contributed by atoms with E-state index in [4.69, 9.17) is 0 Å². The first-order valence-electron chi connectivity index (χ1n) is 6.90. The molecule has 10 nitrogen and oxygen atoms in total. The van der Waals surface area contributed by atoms with Gasteiger partial charge in [0, 0.05) is 17.7 Å². The van der Waals surface area contributed by atoms with Crippen molar-refractivity contribution in [2.75, 3.05) is 0 Å². The van der Waals surface area contributed by atoms with Crippen LogP contribution >= 0.6 is 0 Å². The van der Waals surface area contributed by atoms with Crippen molar-refractivity contribution in [2.45, 2.75) is 6.42 Å². The molecule has 0 spiro atoms. The molecule has 25 heavy (non-hydrogen) atoms. The van der Waals surface area contributed by atoms with Gasteiger partial charge in [0.25, 0.3) is 11.4 Å². The van der Waals surface area contributed by atoms with E-state index in [1.807, 2.05) is 0 Å². The van der Waals surface area contributed by atoms with Gasteiger partial charge in [-0.15, -0.1) is 0 Å². The van der Waals surface area contributed by atoms with Crippen LogP contribution in [-0.2, 0) is 11.2 Å². The summed E-state index contributed by atoms with van der Waals surface area (Å²) in [4.78, 5) is 32.4. The number of hydrogen-bond acceptors (Lipinski definition) is 7. The number of carbonyl (C=O) groups is 1. The fourth-order valence-electron chi connectivity index (χ4n) is 2.04. The van der Waals surface area contributed by atoms with Gasteiger partial charge in [-0.1, -0.05) is 18.2 Å². The summed E-state index contributed by atoms with van der Waals surface area (Å²) in [5, 5.41) is 34.7. The molecule has 0 aliphatic rings. The maximum absolute atomic E-state index is 11.8. The molecule has 0 fully saturated rings. The highest BCUT2D eigenvalue weighted by Crippen LogP contribution is 2.21. The lowest BCUT2D eigenvalue weighted by Crippen LogP contribution is -2.20. The molecular weight excluding hydrogens is 332 g/mol. The predicted molar refractivity (Wildman–Crippen MR) is 87.3 cm³/mol. The molecule has 0 aliphatic carbocycles. The average molecular weight is 344 g/mol. The SMILES string of the molecule is O=C(Cc1ccccc1[N+](=O)[O-])NN=Cc1cc(O)ccc1[N+](=O)[O-]. The van der Waals surface area contributed by atoms with Crippen molar-refractivity contribution < 1.29 is 19.7 Å². The van der Waals surface area contributed by atoms with Gasteiger partial charge in [0.05, 0.1) is 28.0 Å². The topological polar surface area (TPSA) is 148 Å². The van der Waals surface area contributed by atoms with E-state index in [-0.39, 0.29) is 34.7 Å². The number of aromatic hydroxyl groups is 1. The Hall–Kier alpha value is -3.82. The van der Waals surface area contributed by atoms with Gasteiger partial charge < -0.3 is 5.11 Å². The molecule has 0 saturated heterocycles. The molecule has 1 amide bonds. The highest BCUT2D eigenvalue weighted by Gasteiger charge is 2.15. The number of para-hydroxylation sites is 1. The Morgan fingerprint density at radius 2 is 1.80 bits per heavy atom. The molecule has 0 radical (unpaired) electrons. The number of hydrazone groups is 1. The normalized spacial score (nSPS) is 10.6. The summed E-state index contributed by atoms with van der Waals surface area (Å²) in [5.74, 6) is -0.827. The Balaban J connectivity index is 2.08. The van der Waals surface area contributed by atoms with Crippen LogP contribution in [-0.4, -0.2) is 27.1 Å². The van der Waals surface area contributed by atoms with Crippen LogP contribution in [0.3, 0.4) is 0 Å². The maximum atomic E-state index is 11.8. The van der Waals surface area contributed by atoms with Crippen LogP contribution in [0.1, 0.15) is 11.1 Å². The smallest absolute Gasteiger partial charge is 0.278 e. The Morgan fingerprint density at radius 1 is 1.12 bits per heavy atom. The lowest BCUT2D eigenvalue weighted by atomic mass is 10.1. The number of phenols is 1. The molecule has 2 aromatic rings. The molecule has 0 aromatic heterocycles. The van der Waals surface area contributed by atoms with Crippen LogP contribution < -0.4 is 5.43 Å². The monoisotopic (exact) mass is 344 g/mol. The van der Waals surface area contributed by atoms with E-state index in [1.165, 1.54) is 18.2 Å². The van der Waals surface area contributed by atoms with Crippen LogP contribution in [0.25, 0.3) is 0 Å². The quantitative estimate of drug-likeness (QED) is 0.464. The molecule has 0 aliphatic heterocycles. The number of nitrogens with zero attached hydrogens (tertiary/aromatic N) is 3. The number of nitro groups is 2. The number of phenolic OH excluding ortho intramolecular Hbond substituents is 1. The highest BCUT2D eigenvalue weighted by molar-refractivity contribution is 5.87. The largest absolute Gasteiger partial charge is 0.508 e. The molecule has 10 heteroatoms. The predicted octanol–water partition coefficient (Wildman–Crippen LogP) is 1.90. The van der Waals surface area contributed by atoms with Crippen LogP contribution in [0.5, 0.6) is 5.75 Å². The summed E-state index contributed by atoms with van der Waals surface area (Å²) >= 11 is 0. The molecule has 2 rings (SSSR count). The second kappa shape index (κ2) is 7.64. The van der Waals surface area contributed by atoms with Crippen molar-refractivity contribution in [1.29, 1.82) is 0 Å². The molecule has 0 heterocycles. The van der Waals surface area contributed by atoms with Gasteiger partial charge in [-0.25, -0.2) is 5.43 Å². The summed E-state index contributed by atoms with van der Waals surface area (Å²) in [6.45, 7) is 0. The number of carbonyl (C=O) groups excluding carboxylic acids is 1. The third kappa shape index (κ3) is 4.58. The van der Waals surface area contributed by atoms with Gasteiger partial charge in [0.1, 0.15) is 5.75 Å². The summed E-state index contributed by atoms with van der Waals surface area (Å²) in [6.07, 6.45) is 0.728. The molecule has 0 bridgehead atoms. The van der Waals surface area contributed by atoms with Gasteiger partial charge in [-0.3, -0.25) is 25.0 Å². The Kier molecular flexibility index (Phi) is 5.36. The number of nitrogens with one attached hydrogen (secondary N) is 1. The zero-order valence-corrected chi connectivity index (χ0v) is 12.7. The highest BCUT2D eigenvalue weighted by atomic mass is 16.6. The van der Waals surface area contributed by atoms with Crippen LogP contribution in [0.2, 0.25) is 0 Å². The minimum absolute atomic E-state index is 0.00371. The first kappa shape index (κ1) is 17.5. The van der Waals surface area contributed by atoms with Crippen molar-refractivity contribution in [3.05, 3.63) is 73.8 Å². The fourth-order valence-corrected chi connectivity index (χ4v) is 2.04. The standard InChI is InChI=1S/C15H12N4O6/c20-12-5-6-14(19(24)25)11(7-12)9-16-17-15(21)8-10-3-1-2-4-13(10)18(22)23/h1-7,9,20H,8H2,(H,17,21). The van der Waals surface area contributed by atoms with E-state index >= 15 is 0 Å². The third-order valence-corrected chi connectivity index (χ3v) is 3.14. The van der Waals surface area contributed by atoms with Gasteiger partial charge in [0.15, 0.2) is 0 Å². The number of hydrogen-bond donors (Lipinski definition) is 2. The number of benzene rings is 2. The third-order valence-electron chi connectivity index (χ3n) is 3.14. The summed E-state index contributed by atoms with van der Waals surface area (Å²) in [5.41, 5.74) is 1.86. The number of amides is 1. The van der Waals surface area contributed by atoms with Gasteiger partial charge in [-0.2, -0.15) is 5.10 Å². The Morgan fingerprint density at radius 3 is 2.48 bits per heavy atom. The van der Waals surface area contributed by atoms with Crippen LogP contribution in [0.4, 0.5) is 11.4 Å². The maximum Gasteiger partial charge on any atom is 0.278 e. The fraction of sp³-hybridized carbons (Fsp3) is 0.0667. The number of nitro benzene ring substituents is 2. The molecule has 0 saturated carbocycles. The molecule has 2 aromatic carbocycles. The number of rotatable bonds is 6. The summed E-state index contributed by atoms with van der Waals surface area (Å²) in [6, 6.07) is 9.15. The summed E-state index contributed by atoms with van der Waals surface area (Å²) in [7, 11) is 0. The minimum Gasteiger partial charge on any atom is -0.508 e. The molecule has 128 valence electrons. The van der Waals surface area contributed by atoms with Crippen LogP contribution in [0, 0.1) is 20.2 Å². The zero-order chi connectivity index (χ0) is 18.4. The van der Waals surface area contributed by atoms with Crippen molar-refractivity contribution in [2.24, 2.45) is 5.10 Å². The van der Waals surface area contributed by atoms with Crippen LogP contribution in [0.15, 0.2) is 47.6 Å². The first-order chi connectivity index (χ1) is 11.9. The second-order valence-corrected chi connectivity index (χ2v) is 4.86. The van der Waals surface area contributed by atoms with E-state index in [2.05, 4.69) is 10.5 Å². The van der Waals surface area contributed by atoms with E-state index < -0.39 is 15.8 Å². The molecule has 2 N–H and O–H groups in total. The second-order valence-electron chi connectivity index (χ2n) is 4.86. The van der Waals surface area contributed by atoms with Crippen molar-refractivity contribution in [3.63, 3.8) is 0 Å². The Bertz CT molecular complexity index is 865. The van der Waals surface area contributed by atoms with E-state index in [9.17, 15) is 30.1 Å². The molecule has 0 atom stereocenters. The first-order valence-corrected chi connectivity index (χ1v) is 6.90.